The third kappa shape index (κ3) is 9.19. The minimum atomic E-state index is -4.20. The zero-order valence-electron chi connectivity index (χ0n) is 25.5. The lowest BCUT2D eigenvalue weighted by molar-refractivity contribution is -0.140. The first-order chi connectivity index (χ1) is 21.5. The molecule has 45 heavy (non-hydrogen) atoms. The van der Waals surface area contributed by atoms with E-state index in [1.807, 2.05) is 75.4 Å². The fourth-order valence-corrected chi connectivity index (χ4v) is 6.63. The van der Waals surface area contributed by atoms with Crippen molar-refractivity contribution < 1.29 is 18.0 Å². The third-order valence-corrected chi connectivity index (χ3v) is 10.1. The van der Waals surface area contributed by atoms with E-state index in [4.69, 9.17) is 11.6 Å². The number of benzene rings is 4. The topological polar surface area (TPSA) is 86.8 Å². The van der Waals surface area contributed by atoms with Crippen LogP contribution in [0.2, 0.25) is 5.02 Å². The Morgan fingerprint density at radius 3 is 2.18 bits per heavy atom. The van der Waals surface area contributed by atoms with Crippen LogP contribution in [0.3, 0.4) is 0 Å². The van der Waals surface area contributed by atoms with Gasteiger partial charge in [-0.1, -0.05) is 101 Å². The molecule has 0 unspecified atom stereocenters. The molecular weight excluding hydrogens is 674 g/mol. The number of nitrogens with one attached hydrogen (secondary N) is 1. The van der Waals surface area contributed by atoms with E-state index < -0.39 is 28.5 Å². The highest BCUT2D eigenvalue weighted by Crippen LogP contribution is 2.27. The summed E-state index contributed by atoms with van der Waals surface area (Å²) < 4.78 is 30.2. The Hall–Kier alpha value is -3.66. The van der Waals surface area contributed by atoms with Crippen molar-refractivity contribution >= 4 is 55.1 Å². The van der Waals surface area contributed by atoms with Gasteiger partial charge < -0.3 is 10.2 Å². The zero-order chi connectivity index (χ0) is 32.6. The Bertz CT molecular complexity index is 1700. The Kier molecular flexibility index (Phi) is 11.8. The number of aryl methyl sites for hydroxylation is 1. The van der Waals surface area contributed by atoms with Crippen molar-refractivity contribution in [3.8, 4) is 0 Å². The summed E-state index contributed by atoms with van der Waals surface area (Å²) in [5.74, 6) is -0.844. The molecule has 4 aromatic carbocycles. The van der Waals surface area contributed by atoms with Gasteiger partial charge in [0.2, 0.25) is 11.8 Å². The summed E-state index contributed by atoms with van der Waals surface area (Å²) in [5, 5.41) is 3.37. The van der Waals surface area contributed by atoms with Crippen LogP contribution < -0.4 is 9.62 Å². The lowest BCUT2D eigenvalue weighted by Crippen LogP contribution is -2.54. The van der Waals surface area contributed by atoms with Crippen molar-refractivity contribution in [3.63, 3.8) is 0 Å². The summed E-state index contributed by atoms with van der Waals surface area (Å²) in [6, 6.07) is 28.7. The van der Waals surface area contributed by atoms with E-state index >= 15 is 0 Å². The van der Waals surface area contributed by atoms with Gasteiger partial charge in [-0.15, -0.1) is 0 Å². The predicted molar refractivity (Wildman–Crippen MR) is 184 cm³/mol. The summed E-state index contributed by atoms with van der Waals surface area (Å²) in [5.41, 5.74) is 2.80. The van der Waals surface area contributed by atoms with Crippen LogP contribution in [-0.4, -0.2) is 43.8 Å². The summed E-state index contributed by atoms with van der Waals surface area (Å²) in [6.07, 6.45) is 0.953. The van der Waals surface area contributed by atoms with E-state index in [0.29, 0.717) is 11.4 Å². The molecule has 0 aliphatic heterocycles. The van der Waals surface area contributed by atoms with E-state index in [1.165, 1.54) is 23.1 Å². The molecular formula is C35H37BrClN3O4S. The van der Waals surface area contributed by atoms with Crippen molar-refractivity contribution in [3.05, 3.63) is 129 Å². The van der Waals surface area contributed by atoms with Gasteiger partial charge in [0.1, 0.15) is 12.6 Å². The molecule has 2 atom stereocenters. The van der Waals surface area contributed by atoms with Gasteiger partial charge in [-0.25, -0.2) is 8.42 Å². The number of sulfonamides is 1. The fraction of sp³-hybridized carbons (Fsp3) is 0.257. The van der Waals surface area contributed by atoms with E-state index in [9.17, 15) is 18.0 Å². The van der Waals surface area contributed by atoms with Crippen LogP contribution in [0, 0.1) is 6.92 Å². The summed E-state index contributed by atoms with van der Waals surface area (Å²) in [7, 11) is -4.20. The van der Waals surface area contributed by atoms with Gasteiger partial charge in [-0.05, 0) is 73.9 Å². The smallest absolute Gasteiger partial charge is 0.264 e. The minimum absolute atomic E-state index is 0.0377. The number of carbonyl (C=O) groups excluding carboxylic acids is 2. The van der Waals surface area contributed by atoms with E-state index in [1.54, 1.807) is 30.3 Å². The van der Waals surface area contributed by atoms with Gasteiger partial charge in [-0.2, -0.15) is 0 Å². The second-order valence-electron chi connectivity index (χ2n) is 11.0. The maximum atomic E-state index is 14.5. The SMILES string of the molecule is CC[C@@H](C)NC(=O)[C@H](Cc1ccccc1)N(Cc1ccc(Br)cc1)C(=O)CN(c1cccc(Cl)c1)S(=O)(=O)c1ccc(C)cc1. The van der Waals surface area contributed by atoms with Gasteiger partial charge in [0.25, 0.3) is 10.0 Å². The van der Waals surface area contributed by atoms with Crippen molar-refractivity contribution in [2.24, 2.45) is 0 Å². The molecule has 0 saturated carbocycles. The molecule has 0 bridgehead atoms. The molecule has 10 heteroatoms. The highest BCUT2D eigenvalue weighted by molar-refractivity contribution is 9.10. The van der Waals surface area contributed by atoms with Crippen LogP contribution in [0.5, 0.6) is 0 Å². The van der Waals surface area contributed by atoms with Gasteiger partial charge in [0, 0.05) is 28.5 Å². The fourth-order valence-electron chi connectivity index (χ4n) is 4.78. The molecule has 0 saturated heterocycles. The van der Waals surface area contributed by atoms with E-state index in [-0.39, 0.29) is 35.5 Å². The average molecular weight is 711 g/mol. The monoisotopic (exact) mass is 709 g/mol. The summed E-state index contributed by atoms with van der Waals surface area (Å²) >= 11 is 9.75. The van der Waals surface area contributed by atoms with Crippen LogP contribution in [0.15, 0.2) is 112 Å². The third-order valence-electron chi connectivity index (χ3n) is 7.52. The maximum Gasteiger partial charge on any atom is 0.264 e. The molecule has 0 heterocycles. The number of anilines is 1. The van der Waals surface area contributed by atoms with E-state index in [0.717, 1.165) is 25.5 Å². The van der Waals surface area contributed by atoms with Gasteiger partial charge in [-0.3, -0.25) is 13.9 Å². The van der Waals surface area contributed by atoms with Crippen molar-refractivity contribution in [1.82, 2.24) is 10.2 Å². The molecule has 1 N–H and O–H groups in total. The number of carbonyl (C=O) groups is 2. The molecule has 2 amide bonds. The highest BCUT2D eigenvalue weighted by atomic mass is 79.9. The summed E-state index contributed by atoms with van der Waals surface area (Å²) in [4.78, 5) is 29.9. The minimum Gasteiger partial charge on any atom is -0.352 e. The second kappa shape index (κ2) is 15.6. The second-order valence-corrected chi connectivity index (χ2v) is 14.2. The van der Waals surface area contributed by atoms with Crippen LogP contribution >= 0.6 is 27.5 Å². The first kappa shape index (κ1) is 34.2. The molecule has 4 aromatic rings. The molecule has 0 aliphatic carbocycles. The molecule has 0 radical (unpaired) electrons. The number of nitrogens with zero attached hydrogens (tertiary/aromatic N) is 2. The molecule has 4 rings (SSSR count). The van der Waals surface area contributed by atoms with Crippen LogP contribution in [-0.2, 0) is 32.6 Å². The first-order valence-electron chi connectivity index (χ1n) is 14.7. The van der Waals surface area contributed by atoms with Crippen molar-refractivity contribution in [1.29, 1.82) is 0 Å². The van der Waals surface area contributed by atoms with Gasteiger partial charge >= 0.3 is 0 Å². The number of amides is 2. The standard InChI is InChI=1S/C35H37BrClN3O4S/c1-4-26(3)38-35(42)33(21-27-9-6-5-7-10-27)39(23-28-15-17-29(36)18-16-28)34(41)24-40(31-12-8-11-30(37)22-31)45(43,44)32-19-13-25(2)14-20-32/h5-20,22,26,33H,4,21,23-24H2,1-3H3,(H,38,42)/t26-,33+/m1/s1. The molecule has 0 spiro atoms. The Morgan fingerprint density at radius 2 is 1.56 bits per heavy atom. The largest absolute Gasteiger partial charge is 0.352 e. The Morgan fingerprint density at radius 1 is 0.889 bits per heavy atom. The van der Waals surface area contributed by atoms with Crippen LogP contribution in [0.4, 0.5) is 5.69 Å². The average Bonchev–Trinajstić information content (AvgIpc) is 3.02. The summed E-state index contributed by atoms with van der Waals surface area (Å²) in [6.45, 7) is 5.29. The molecule has 0 aliphatic rings. The quantitative estimate of drug-likeness (QED) is 0.160. The predicted octanol–water partition coefficient (Wildman–Crippen LogP) is 7.16. The van der Waals surface area contributed by atoms with Crippen molar-refractivity contribution in [2.75, 3.05) is 10.8 Å². The molecule has 236 valence electrons. The normalized spacial score (nSPS) is 12.6. The van der Waals surface area contributed by atoms with E-state index in [2.05, 4.69) is 21.2 Å². The Balaban J connectivity index is 1.80. The number of halogens is 2. The van der Waals surface area contributed by atoms with Crippen molar-refractivity contribution in [2.45, 2.75) is 57.1 Å². The van der Waals surface area contributed by atoms with Crippen LogP contribution in [0.25, 0.3) is 0 Å². The van der Waals surface area contributed by atoms with Crippen LogP contribution in [0.1, 0.15) is 37.0 Å². The highest BCUT2D eigenvalue weighted by Gasteiger charge is 2.35. The first-order valence-corrected chi connectivity index (χ1v) is 17.3. The number of hydrogen-bond acceptors (Lipinski definition) is 4. The number of rotatable bonds is 13. The molecule has 7 nitrogen and oxygen atoms in total. The maximum absolute atomic E-state index is 14.5. The lowest BCUT2D eigenvalue weighted by Gasteiger charge is -2.34. The molecule has 0 fully saturated rings. The van der Waals surface area contributed by atoms with Gasteiger partial charge in [0.15, 0.2) is 0 Å². The molecule has 0 aromatic heterocycles. The number of hydrogen-bond donors (Lipinski definition) is 1. The lowest BCUT2D eigenvalue weighted by atomic mass is 10.0. The Labute approximate surface area is 279 Å². The van der Waals surface area contributed by atoms with Gasteiger partial charge in [0.05, 0.1) is 10.6 Å². The zero-order valence-corrected chi connectivity index (χ0v) is 28.6.